The molecule has 1 atom stereocenters. The van der Waals surface area contributed by atoms with E-state index in [-0.39, 0.29) is 17.8 Å². The second-order valence-corrected chi connectivity index (χ2v) is 9.19. The van der Waals surface area contributed by atoms with Crippen molar-refractivity contribution in [3.63, 3.8) is 0 Å². The lowest BCUT2D eigenvalue weighted by molar-refractivity contribution is -0.120. The Morgan fingerprint density at radius 3 is 2.63 bits per heavy atom. The van der Waals surface area contributed by atoms with Gasteiger partial charge in [-0.05, 0) is 62.5 Å². The van der Waals surface area contributed by atoms with E-state index in [1.807, 2.05) is 35.4 Å². The molecule has 7 heteroatoms. The first-order valence-electron chi connectivity index (χ1n) is 11.0. The summed E-state index contributed by atoms with van der Waals surface area (Å²) in [5.41, 5.74) is 0.659. The molecule has 2 aliphatic rings. The molecular weight excluding hydrogens is 398 g/mol. The second kappa shape index (κ2) is 10.8. The first kappa shape index (κ1) is 22.7. The van der Waals surface area contributed by atoms with Crippen molar-refractivity contribution in [1.29, 1.82) is 0 Å². The van der Waals surface area contributed by atoms with Gasteiger partial charge >= 0.3 is 6.03 Å². The fourth-order valence-electron chi connectivity index (χ4n) is 4.49. The van der Waals surface area contributed by atoms with Gasteiger partial charge in [-0.3, -0.25) is 9.59 Å². The molecule has 1 aromatic carbocycles. The number of thioether (sulfide) groups is 1. The fourth-order valence-corrected chi connectivity index (χ4v) is 4.94. The summed E-state index contributed by atoms with van der Waals surface area (Å²) >= 11 is 1.60. The van der Waals surface area contributed by atoms with Gasteiger partial charge in [-0.1, -0.05) is 25.3 Å². The number of rotatable bonds is 9. The number of amides is 4. The van der Waals surface area contributed by atoms with Crippen LogP contribution < -0.4 is 10.2 Å². The molecule has 0 radical (unpaired) electrons. The second-order valence-electron chi connectivity index (χ2n) is 8.31. The third-order valence-corrected chi connectivity index (χ3v) is 6.81. The maximum atomic E-state index is 13.3. The normalized spacial score (nSPS) is 20.1. The van der Waals surface area contributed by atoms with Crippen molar-refractivity contribution in [2.45, 2.75) is 69.2 Å². The van der Waals surface area contributed by atoms with Crippen LogP contribution in [-0.4, -0.2) is 48.1 Å². The molecule has 1 aliphatic heterocycles. The quantitative estimate of drug-likeness (QED) is 0.357. The van der Waals surface area contributed by atoms with Crippen LogP contribution >= 0.6 is 11.8 Å². The van der Waals surface area contributed by atoms with Crippen LogP contribution in [0.5, 0.6) is 0 Å². The Morgan fingerprint density at radius 1 is 1.17 bits per heavy atom. The molecule has 6 nitrogen and oxygen atoms in total. The Bertz CT molecular complexity index is 764. The topological polar surface area (TPSA) is 69.7 Å². The number of carbonyl (C=O) groups excluding carboxylic acids is 3. The number of anilines is 1. The minimum Gasteiger partial charge on any atom is -0.356 e. The van der Waals surface area contributed by atoms with Gasteiger partial charge in [0, 0.05) is 24.9 Å². The summed E-state index contributed by atoms with van der Waals surface area (Å²) in [4.78, 5) is 42.0. The third-order valence-electron chi connectivity index (χ3n) is 6.09. The predicted molar refractivity (Wildman–Crippen MR) is 121 cm³/mol. The van der Waals surface area contributed by atoms with Crippen molar-refractivity contribution in [3.05, 3.63) is 24.3 Å². The van der Waals surface area contributed by atoms with Crippen LogP contribution in [0.4, 0.5) is 10.5 Å². The molecule has 1 aromatic rings. The van der Waals surface area contributed by atoms with Crippen LogP contribution in [0.25, 0.3) is 0 Å². The Hall–Kier alpha value is -2.02. The highest BCUT2D eigenvalue weighted by Crippen LogP contribution is 2.33. The summed E-state index contributed by atoms with van der Waals surface area (Å²) in [5, 5.41) is 2.80. The third kappa shape index (κ3) is 5.56. The van der Waals surface area contributed by atoms with Crippen LogP contribution in [0.15, 0.2) is 29.2 Å². The van der Waals surface area contributed by atoms with Crippen LogP contribution in [0.2, 0.25) is 0 Å². The molecule has 0 aromatic heterocycles. The maximum Gasteiger partial charge on any atom is 0.332 e. The van der Waals surface area contributed by atoms with E-state index in [1.165, 1.54) is 31.1 Å². The number of carbonyl (C=O) groups is 3. The predicted octanol–water partition coefficient (Wildman–Crippen LogP) is 4.43. The Balaban J connectivity index is 1.74. The molecule has 1 saturated carbocycles. The first-order chi connectivity index (χ1) is 14.5. The van der Waals surface area contributed by atoms with Gasteiger partial charge in [-0.2, -0.15) is 0 Å². The molecule has 0 bridgehead atoms. The van der Waals surface area contributed by atoms with Gasteiger partial charge in [0.1, 0.15) is 6.04 Å². The molecule has 164 valence electrons. The molecule has 4 amide bonds. The molecule has 2 fully saturated rings. The van der Waals surface area contributed by atoms with E-state index in [0.717, 1.165) is 30.6 Å². The van der Waals surface area contributed by atoms with E-state index in [2.05, 4.69) is 5.32 Å². The van der Waals surface area contributed by atoms with Gasteiger partial charge < -0.3 is 10.2 Å². The van der Waals surface area contributed by atoms with Crippen molar-refractivity contribution in [1.82, 2.24) is 10.2 Å². The lowest BCUT2D eigenvalue weighted by Crippen LogP contribution is -2.39. The Labute approximate surface area is 183 Å². The summed E-state index contributed by atoms with van der Waals surface area (Å²) in [5.74, 6) is 0.323. The van der Waals surface area contributed by atoms with Gasteiger partial charge in [0.25, 0.3) is 5.91 Å². The van der Waals surface area contributed by atoms with Crippen molar-refractivity contribution in [3.8, 4) is 0 Å². The molecule has 30 heavy (non-hydrogen) atoms. The zero-order valence-corrected chi connectivity index (χ0v) is 18.9. The molecule has 0 spiro atoms. The zero-order chi connectivity index (χ0) is 21.5. The summed E-state index contributed by atoms with van der Waals surface area (Å²) in [6.45, 7) is 2.78. The highest BCUT2D eigenvalue weighted by molar-refractivity contribution is 7.98. The average molecular weight is 432 g/mol. The molecular formula is C23H33N3O3S. The SMILES string of the molecule is CSc1cccc(N2C(=O)[C@H](CCCCNC(C)=O)N(CC3CCCCC3)C2=O)c1. The first-order valence-corrected chi connectivity index (χ1v) is 12.3. The van der Waals surface area contributed by atoms with Crippen molar-refractivity contribution in [2.24, 2.45) is 5.92 Å². The summed E-state index contributed by atoms with van der Waals surface area (Å²) < 4.78 is 0. The number of imide groups is 1. The van der Waals surface area contributed by atoms with Crippen LogP contribution in [0.3, 0.4) is 0 Å². The standard InChI is InChI=1S/C23H33N3O3S/c1-17(27)24-14-7-6-13-21-22(28)26(19-11-8-12-20(15-19)30-2)23(29)25(21)16-18-9-4-3-5-10-18/h8,11-12,15,18,21H,3-7,9-10,13-14,16H2,1-2H3,(H,24,27)/t21-/m0/s1. The number of nitrogens with one attached hydrogen (secondary N) is 1. The highest BCUT2D eigenvalue weighted by atomic mass is 32.2. The lowest BCUT2D eigenvalue weighted by Gasteiger charge is -2.29. The molecule has 1 saturated heterocycles. The van der Waals surface area contributed by atoms with Gasteiger partial charge in [0.2, 0.25) is 5.91 Å². The molecule has 0 unspecified atom stereocenters. The van der Waals surface area contributed by atoms with Crippen LogP contribution in [0.1, 0.15) is 58.3 Å². The van der Waals surface area contributed by atoms with Gasteiger partial charge in [-0.25, -0.2) is 9.69 Å². The Morgan fingerprint density at radius 2 is 1.93 bits per heavy atom. The highest BCUT2D eigenvalue weighted by Gasteiger charge is 2.46. The minimum absolute atomic E-state index is 0.0408. The number of hydrogen-bond donors (Lipinski definition) is 1. The van der Waals surface area contributed by atoms with Crippen molar-refractivity contribution < 1.29 is 14.4 Å². The monoisotopic (exact) mass is 431 g/mol. The van der Waals surface area contributed by atoms with Gasteiger partial charge in [-0.15, -0.1) is 11.8 Å². The minimum atomic E-state index is -0.408. The van der Waals surface area contributed by atoms with E-state index in [0.29, 0.717) is 31.1 Å². The molecule has 1 N–H and O–H groups in total. The number of nitrogens with zero attached hydrogens (tertiary/aromatic N) is 2. The summed E-state index contributed by atoms with van der Waals surface area (Å²) in [6.07, 6.45) is 10.2. The van der Waals surface area contributed by atoms with E-state index >= 15 is 0 Å². The number of hydrogen-bond acceptors (Lipinski definition) is 4. The number of urea groups is 1. The largest absolute Gasteiger partial charge is 0.356 e. The van der Waals surface area contributed by atoms with Crippen LogP contribution in [0, 0.1) is 5.92 Å². The molecule has 3 rings (SSSR count). The van der Waals surface area contributed by atoms with E-state index in [9.17, 15) is 14.4 Å². The molecule has 1 aliphatic carbocycles. The fraction of sp³-hybridized carbons (Fsp3) is 0.609. The number of unbranched alkanes of at least 4 members (excludes halogenated alkanes) is 1. The number of benzene rings is 1. The van der Waals surface area contributed by atoms with E-state index in [4.69, 9.17) is 0 Å². The van der Waals surface area contributed by atoms with E-state index in [1.54, 1.807) is 11.8 Å². The van der Waals surface area contributed by atoms with Crippen molar-refractivity contribution >= 4 is 35.3 Å². The summed E-state index contributed by atoms with van der Waals surface area (Å²) in [7, 11) is 0. The summed E-state index contributed by atoms with van der Waals surface area (Å²) in [6, 6.07) is 7.04. The average Bonchev–Trinajstić information content (AvgIpc) is 2.98. The zero-order valence-electron chi connectivity index (χ0n) is 18.1. The van der Waals surface area contributed by atoms with Crippen molar-refractivity contribution in [2.75, 3.05) is 24.2 Å². The van der Waals surface area contributed by atoms with Gasteiger partial charge in [0.15, 0.2) is 0 Å². The van der Waals surface area contributed by atoms with Crippen LogP contribution in [-0.2, 0) is 9.59 Å². The Kier molecular flexibility index (Phi) is 8.19. The molecule has 1 heterocycles. The maximum absolute atomic E-state index is 13.3. The van der Waals surface area contributed by atoms with Gasteiger partial charge in [0.05, 0.1) is 5.69 Å². The van der Waals surface area contributed by atoms with E-state index < -0.39 is 6.04 Å². The smallest absolute Gasteiger partial charge is 0.332 e. The lowest BCUT2D eigenvalue weighted by atomic mass is 9.88.